The number of nitrogens with zero attached hydrogens (tertiary/aromatic N) is 4. The zero-order valence-corrected chi connectivity index (χ0v) is 17.6. The van der Waals surface area contributed by atoms with E-state index in [4.69, 9.17) is 16.0 Å². The molecule has 2 aliphatic carbocycles. The van der Waals surface area contributed by atoms with Gasteiger partial charge in [0.15, 0.2) is 0 Å². The first kappa shape index (κ1) is 19.5. The zero-order chi connectivity index (χ0) is 20.7. The Morgan fingerprint density at radius 1 is 1.07 bits per heavy atom. The summed E-state index contributed by atoms with van der Waals surface area (Å²) in [5, 5.41) is 8.93. The van der Waals surface area contributed by atoms with E-state index in [1.165, 1.54) is 0 Å². The van der Waals surface area contributed by atoms with Crippen LogP contribution in [0.15, 0.2) is 28.7 Å². The van der Waals surface area contributed by atoms with Crippen LogP contribution in [0.25, 0.3) is 11.5 Å². The van der Waals surface area contributed by atoms with Crippen molar-refractivity contribution in [2.45, 2.75) is 51.1 Å². The van der Waals surface area contributed by atoms with E-state index >= 15 is 0 Å². The van der Waals surface area contributed by atoms with E-state index in [1.807, 2.05) is 21.9 Å². The van der Waals surface area contributed by atoms with Crippen LogP contribution in [0.3, 0.4) is 0 Å². The molecule has 2 saturated carbocycles. The molecule has 2 heterocycles. The number of hydrogen-bond acceptors (Lipinski definition) is 5. The van der Waals surface area contributed by atoms with Crippen LogP contribution >= 0.6 is 11.6 Å². The molecule has 2 aromatic rings. The van der Waals surface area contributed by atoms with Gasteiger partial charge in [0.1, 0.15) is 0 Å². The van der Waals surface area contributed by atoms with Gasteiger partial charge in [0.25, 0.3) is 0 Å². The van der Waals surface area contributed by atoms with Crippen molar-refractivity contribution in [1.82, 2.24) is 20.0 Å². The van der Waals surface area contributed by atoms with Gasteiger partial charge in [0, 0.05) is 35.6 Å². The Morgan fingerprint density at radius 3 is 2.53 bits per heavy atom. The second-order valence-corrected chi connectivity index (χ2v) is 9.04. The van der Waals surface area contributed by atoms with Gasteiger partial charge in [-0.25, -0.2) is 0 Å². The maximum atomic E-state index is 13.3. The monoisotopic (exact) mass is 428 g/mol. The summed E-state index contributed by atoms with van der Waals surface area (Å²) in [6.07, 6.45) is 5.71. The van der Waals surface area contributed by atoms with E-state index in [0.717, 1.165) is 50.6 Å². The molecule has 0 N–H and O–H groups in total. The van der Waals surface area contributed by atoms with Gasteiger partial charge in [-0.3, -0.25) is 9.59 Å². The van der Waals surface area contributed by atoms with E-state index in [2.05, 4.69) is 10.2 Å². The standard InChI is InChI=1S/C22H25ClN4O3/c23-17-7-5-14(6-8-17)20-25-24-19(30-20)13-27(18-9-10-18)22(29)16-2-1-11-26(12-16)21(28)15-3-4-15/h5-8,15-16,18H,1-4,9-13H2. The summed E-state index contributed by atoms with van der Waals surface area (Å²) in [4.78, 5) is 29.6. The van der Waals surface area contributed by atoms with Gasteiger partial charge in [-0.1, -0.05) is 11.6 Å². The first-order valence-corrected chi connectivity index (χ1v) is 11.1. The molecule has 2 amide bonds. The van der Waals surface area contributed by atoms with Gasteiger partial charge in [-0.2, -0.15) is 0 Å². The summed E-state index contributed by atoms with van der Waals surface area (Å²) in [5.74, 6) is 1.25. The molecule has 1 aromatic carbocycles. The Morgan fingerprint density at radius 2 is 1.83 bits per heavy atom. The number of benzene rings is 1. The van der Waals surface area contributed by atoms with E-state index in [-0.39, 0.29) is 29.7 Å². The fraction of sp³-hybridized carbons (Fsp3) is 0.545. The molecule has 5 rings (SSSR count). The largest absolute Gasteiger partial charge is 0.419 e. The van der Waals surface area contributed by atoms with Crippen LogP contribution in [0, 0.1) is 11.8 Å². The summed E-state index contributed by atoms with van der Waals surface area (Å²) in [6.45, 7) is 1.63. The Hall–Kier alpha value is -2.41. The molecule has 7 nitrogen and oxygen atoms in total. The Bertz CT molecular complexity index is 936. The van der Waals surface area contributed by atoms with Crippen LogP contribution in [0.4, 0.5) is 0 Å². The van der Waals surface area contributed by atoms with E-state index in [9.17, 15) is 9.59 Å². The summed E-state index contributed by atoms with van der Waals surface area (Å²) in [6, 6.07) is 7.45. The molecule has 1 aromatic heterocycles. The molecule has 1 atom stereocenters. The van der Waals surface area contributed by atoms with E-state index in [1.54, 1.807) is 12.1 Å². The molecule has 3 aliphatic rings. The molecule has 0 bridgehead atoms. The van der Waals surface area contributed by atoms with Crippen LogP contribution < -0.4 is 0 Å². The van der Waals surface area contributed by atoms with Gasteiger partial charge in [0.2, 0.25) is 23.6 Å². The lowest BCUT2D eigenvalue weighted by Gasteiger charge is -2.35. The molecule has 3 fully saturated rings. The minimum Gasteiger partial charge on any atom is -0.419 e. The van der Waals surface area contributed by atoms with Crippen molar-refractivity contribution >= 4 is 23.4 Å². The lowest BCUT2D eigenvalue weighted by molar-refractivity contribution is -0.142. The molecule has 8 heteroatoms. The number of carbonyl (C=O) groups excluding carboxylic acids is 2. The average Bonchev–Trinajstić information content (AvgIpc) is 3.70. The number of likely N-dealkylation sites (tertiary alicyclic amines) is 1. The lowest BCUT2D eigenvalue weighted by atomic mass is 9.96. The van der Waals surface area contributed by atoms with Crippen molar-refractivity contribution in [3.05, 3.63) is 35.2 Å². The summed E-state index contributed by atoms with van der Waals surface area (Å²) in [7, 11) is 0. The maximum Gasteiger partial charge on any atom is 0.247 e. The number of piperidine rings is 1. The third-order valence-electron chi connectivity index (χ3n) is 6.14. The first-order chi connectivity index (χ1) is 14.6. The van der Waals surface area contributed by atoms with Crippen LogP contribution in [0.1, 0.15) is 44.4 Å². The summed E-state index contributed by atoms with van der Waals surface area (Å²) < 4.78 is 5.83. The van der Waals surface area contributed by atoms with E-state index < -0.39 is 0 Å². The highest BCUT2D eigenvalue weighted by molar-refractivity contribution is 6.30. The quantitative estimate of drug-likeness (QED) is 0.703. The SMILES string of the molecule is O=C(C1CC1)N1CCCC(C(=O)N(Cc2nnc(-c3ccc(Cl)cc3)o2)C2CC2)C1. The van der Waals surface area contributed by atoms with Gasteiger partial charge >= 0.3 is 0 Å². The second kappa shape index (κ2) is 8.02. The van der Waals surface area contributed by atoms with Crippen molar-refractivity contribution in [2.75, 3.05) is 13.1 Å². The second-order valence-electron chi connectivity index (χ2n) is 8.60. The Labute approximate surface area is 180 Å². The molecule has 0 spiro atoms. The number of aromatic nitrogens is 2. The van der Waals surface area contributed by atoms with Gasteiger partial charge in [0.05, 0.1) is 12.5 Å². The fourth-order valence-corrected chi connectivity index (χ4v) is 4.27. The predicted molar refractivity (Wildman–Crippen MR) is 110 cm³/mol. The number of hydrogen-bond donors (Lipinski definition) is 0. The topological polar surface area (TPSA) is 79.5 Å². The molecule has 1 aliphatic heterocycles. The number of amides is 2. The Kier molecular flexibility index (Phi) is 5.23. The van der Waals surface area contributed by atoms with Gasteiger partial charge in [-0.15, -0.1) is 10.2 Å². The molecule has 1 saturated heterocycles. The molecule has 1 unspecified atom stereocenters. The minimum absolute atomic E-state index is 0.108. The van der Waals surface area contributed by atoms with Gasteiger partial charge in [-0.05, 0) is 62.8 Å². The van der Waals surface area contributed by atoms with Crippen LogP contribution in [0.2, 0.25) is 5.02 Å². The lowest BCUT2D eigenvalue weighted by Crippen LogP contribution is -2.47. The normalized spacial score (nSPS) is 21.5. The number of carbonyl (C=O) groups is 2. The minimum atomic E-state index is -0.138. The summed E-state index contributed by atoms with van der Waals surface area (Å²) in [5.41, 5.74) is 0.795. The third kappa shape index (κ3) is 4.21. The van der Waals surface area contributed by atoms with Crippen molar-refractivity contribution in [3.63, 3.8) is 0 Å². The smallest absolute Gasteiger partial charge is 0.247 e. The van der Waals surface area contributed by atoms with Gasteiger partial charge < -0.3 is 14.2 Å². The molecule has 0 radical (unpaired) electrons. The molecular formula is C22H25ClN4O3. The van der Waals surface area contributed by atoms with E-state index in [0.29, 0.717) is 29.9 Å². The highest BCUT2D eigenvalue weighted by Crippen LogP contribution is 2.34. The number of rotatable bonds is 6. The maximum absolute atomic E-state index is 13.3. The number of halogens is 1. The highest BCUT2D eigenvalue weighted by Gasteiger charge is 2.40. The predicted octanol–water partition coefficient (Wildman–Crippen LogP) is 3.53. The molecule has 158 valence electrons. The highest BCUT2D eigenvalue weighted by atomic mass is 35.5. The van der Waals surface area contributed by atoms with Crippen LogP contribution in [-0.2, 0) is 16.1 Å². The van der Waals surface area contributed by atoms with Crippen molar-refractivity contribution in [2.24, 2.45) is 11.8 Å². The average molecular weight is 429 g/mol. The molecule has 30 heavy (non-hydrogen) atoms. The summed E-state index contributed by atoms with van der Waals surface area (Å²) >= 11 is 5.94. The Balaban J connectivity index is 1.27. The first-order valence-electron chi connectivity index (χ1n) is 10.8. The van der Waals surface area contributed by atoms with Crippen molar-refractivity contribution in [1.29, 1.82) is 0 Å². The van der Waals surface area contributed by atoms with Crippen molar-refractivity contribution < 1.29 is 14.0 Å². The fourth-order valence-electron chi connectivity index (χ4n) is 4.15. The van der Waals surface area contributed by atoms with Crippen LogP contribution in [-0.4, -0.2) is 50.9 Å². The van der Waals surface area contributed by atoms with Crippen LogP contribution in [0.5, 0.6) is 0 Å². The zero-order valence-electron chi connectivity index (χ0n) is 16.8. The van der Waals surface area contributed by atoms with Crippen molar-refractivity contribution in [3.8, 4) is 11.5 Å². The third-order valence-corrected chi connectivity index (χ3v) is 6.40. The molecular weight excluding hydrogens is 404 g/mol.